The molecular weight excluding hydrogens is 217 g/mol. The molecule has 0 unspecified atom stereocenters. The molecule has 0 bridgehead atoms. The molecular formula is C11H11ClFNO. The summed E-state index contributed by atoms with van der Waals surface area (Å²) in [6.07, 6.45) is 0. The van der Waals surface area contributed by atoms with Gasteiger partial charge in [-0.1, -0.05) is 30.3 Å². The number of amides is 1. The highest BCUT2D eigenvalue weighted by Crippen LogP contribution is 2.09. The molecule has 0 atom stereocenters. The van der Waals surface area contributed by atoms with E-state index >= 15 is 0 Å². The molecule has 1 N–H and O–H groups in total. The summed E-state index contributed by atoms with van der Waals surface area (Å²) < 4.78 is 13.1. The number of hydrogen-bond donors (Lipinski definition) is 1. The van der Waals surface area contributed by atoms with Gasteiger partial charge in [0.25, 0.3) is 5.91 Å². The van der Waals surface area contributed by atoms with E-state index in [2.05, 4.69) is 11.9 Å². The van der Waals surface area contributed by atoms with Crippen molar-refractivity contribution in [1.82, 2.24) is 5.32 Å². The van der Waals surface area contributed by atoms with Crippen molar-refractivity contribution < 1.29 is 9.18 Å². The minimum absolute atomic E-state index is 0.0809. The van der Waals surface area contributed by atoms with E-state index in [0.29, 0.717) is 11.1 Å². The Labute approximate surface area is 92.7 Å². The molecule has 0 spiro atoms. The Bertz CT molecular complexity index is 404. The molecule has 0 saturated heterocycles. The third kappa shape index (κ3) is 3.36. The topological polar surface area (TPSA) is 29.1 Å². The number of benzene rings is 1. The molecule has 0 fully saturated rings. The van der Waals surface area contributed by atoms with E-state index in [1.165, 1.54) is 6.07 Å². The summed E-state index contributed by atoms with van der Waals surface area (Å²) in [4.78, 5) is 11.0. The third-order valence-corrected chi connectivity index (χ3v) is 2.11. The van der Waals surface area contributed by atoms with E-state index in [9.17, 15) is 9.18 Å². The lowest BCUT2D eigenvalue weighted by molar-refractivity contribution is -0.117. The molecule has 0 aliphatic carbocycles. The number of rotatable bonds is 3. The zero-order valence-corrected chi connectivity index (χ0v) is 9.07. The molecule has 0 aliphatic heterocycles. The largest absolute Gasteiger partial charge is 0.347 e. The van der Waals surface area contributed by atoms with E-state index in [4.69, 9.17) is 11.6 Å². The average molecular weight is 228 g/mol. The van der Waals surface area contributed by atoms with Crippen LogP contribution in [0.2, 0.25) is 0 Å². The van der Waals surface area contributed by atoms with Crippen LogP contribution in [0.25, 0.3) is 0 Å². The quantitative estimate of drug-likeness (QED) is 0.790. The molecule has 1 aromatic carbocycles. The number of carbonyl (C=O) groups excluding carboxylic acids is 1. The molecule has 0 radical (unpaired) electrons. The number of hydrogen-bond acceptors (Lipinski definition) is 1. The molecule has 0 aromatic heterocycles. The molecule has 0 saturated carbocycles. The Kier molecular flexibility index (Phi) is 3.86. The van der Waals surface area contributed by atoms with Crippen molar-refractivity contribution in [3.05, 3.63) is 46.8 Å². The van der Waals surface area contributed by atoms with Gasteiger partial charge in [0.15, 0.2) is 0 Å². The SMILES string of the molecule is C=C(Cl)C(=O)NCc1ccc(C)c(F)c1. The van der Waals surface area contributed by atoms with Crippen molar-refractivity contribution in [2.45, 2.75) is 13.5 Å². The van der Waals surface area contributed by atoms with E-state index in [1.807, 2.05) is 0 Å². The van der Waals surface area contributed by atoms with Gasteiger partial charge < -0.3 is 5.32 Å². The van der Waals surface area contributed by atoms with Crippen molar-refractivity contribution in [2.24, 2.45) is 0 Å². The van der Waals surface area contributed by atoms with Crippen molar-refractivity contribution in [3.63, 3.8) is 0 Å². The minimum Gasteiger partial charge on any atom is -0.347 e. The summed E-state index contributed by atoms with van der Waals surface area (Å²) in [7, 11) is 0. The number of carbonyl (C=O) groups is 1. The lowest BCUT2D eigenvalue weighted by Gasteiger charge is -2.05. The van der Waals surface area contributed by atoms with Crippen LogP contribution in [0.1, 0.15) is 11.1 Å². The first kappa shape index (κ1) is 11.7. The fourth-order valence-electron chi connectivity index (χ4n) is 1.02. The van der Waals surface area contributed by atoms with E-state index in [-0.39, 0.29) is 17.4 Å². The molecule has 15 heavy (non-hydrogen) atoms. The number of aryl methyl sites for hydroxylation is 1. The first-order chi connectivity index (χ1) is 7.00. The predicted octanol–water partition coefficient (Wildman–Crippen LogP) is 2.50. The van der Waals surface area contributed by atoms with Crippen LogP contribution in [0.3, 0.4) is 0 Å². The maximum absolute atomic E-state index is 13.1. The average Bonchev–Trinajstić information content (AvgIpc) is 2.19. The van der Waals surface area contributed by atoms with Crippen LogP contribution in [0, 0.1) is 12.7 Å². The summed E-state index contributed by atoms with van der Waals surface area (Å²) >= 11 is 5.37. The van der Waals surface area contributed by atoms with E-state index < -0.39 is 5.91 Å². The van der Waals surface area contributed by atoms with Crippen LogP contribution >= 0.6 is 11.6 Å². The summed E-state index contributed by atoms with van der Waals surface area (Å²) in [5.41, 5.74) is 1.26. The standard InChI is InChI=1S/C11H11ClFNO/c1-7-3-4-9(5-10(7)13)6-14-11(15)8(2)12/h3-5H,2,6H2,1H3,(H,14,15). The monoisotopic (exact) mass is 227 g/mol. The summed E-state index contributed by atoms with van der Waals surface area (Å²) in [6.45, 7) is 5.20. The third-order valence-electron chi connectivity index (χ3n) is 1.94. The summed E-state index contributed by atoms with van der Waals surface area (Å²) in [5.74, 6) is -0.732. The predicted molar refractivity (Wildman–Crippen MR) is 58.0 cm³/mol. The Hall–Kier alpha value is -1.35. The highest BCUT2D eigenvalue weighted by Gasteiger charge is 2.04. The smallest absolute Gasteiger partial charge is 0.262 e. The molecule has 80 valence electrons. The van der Waals surface area contributed by atoms with Gasteiger partial charge in [0.1, 0.15) is 5.82 Å². The van der Waals surface area contributed by atoms with Gasteiger partial charge in [-0.25, -0.2) is 4.39 Å². The summed E-state index contributed by atoms with van der Waals surface area (Å²) in [5, 5.41) is 2.43. The Morgan fingerprint density at radius 3 is 2.80 bits per heavy atom. The fraction of sp³-hybridized carbons (Fsp3) is 0.182. The van der Waals surface area contributed by atoms with E-state index in [0.717, 1.165) is 0 Å². The van der Waals surface area contributed by atoms with Crippen LogP contribution in [-0.4, -0.2) is 5.91 Å². The maximum atomic E-state index is 13.1. The Morgan fingerprint density at radius 1 is 1.60 bits per heavy atom. The Morgan fingerprint density at radius 2 is 2.27 bits per heavy atom. The van der Waals surface area contributed by atoms with Crippen LogP contribution in [0.4, 0.5) is 4.39 Å². The highest BCUT2D eigenvalue weighted by atomic mass is 35.5. The van der Waals surface area contributed by atoms with Gasteiger partial charge in [0.05, 0.1) is 5.03 Å². The molecule has 0 aliphatic rings. The number of nitrogens with one attached hydrogen (secondary N) is 1. The van der Waals surface area contributed by atoms with Crippen LogP contribution in [0.15, 0.2) is 29.8 Å². The molecule has 1 rings (SSSR count). The van der Waals surface area contributed by atoms with Crippen molar-refractivity contribution in [2.75, 3.05) is 0 Å². The molecule has 2 nitrogen and oxygen atoms in total. The summed E-state index contributed by atoms with van der Waals surface area (Å²) in [6, 6.07) is 4.79. The van der Waals surface area contributed by atoms with Crippen molar-refractivity contribution >= 4 is 17.5 Å². The zero-order valence-electron chi connectivity index (χ0n) is 8.31. The second kappa shape index (κ2) is 4.94. The van der Waals surface area contributed by atoms with Gasteiger partial charge >= 0.3 is 0 Å². The van der Waals surface area contributed by atoms with Crippen LogP contribution in [0.5, 0.6) is 0 Å². The second-order valence-corrected chi connectivity index (χ2v) is 3.63. The van der Waals surface area contributed by atoms with Crippen LogP contribution < -0.4 is 5.32 Å². The number of halogens is 2. The van der Waals surface area contributed by atoms with Gasteiger partial charge in [0, 0.05) is 6.54 Å². The molecule has 4 heteroatoms. The highest BCUT2D eigenvalue weighted by molar-refractivity contribution is 6.41. The Balaban J connectivity index is 2.62. The minimum atomic E-state index is -0.447. The fourth-order valence-corrected chi connectivity index (χ4v) is 1.09. The zero-order chi connectivity index (χ0) is 11.4. The molecule has 0 heterocycles. The van der Waals surface area contributed by atoms with Gasteiger partial charge in [-0.05, 0) is 24.1 Å². The lowest BCUT2D eigenvalue weighted by Crippen LogP contribution is -2.22. The first-order valence-corrected chi connectivity index (χ1v) is 4.76. The second-order valence-electron chi connectivity index (χ2n) is 3.17. The normalized spacial score (nSPS) is 9.80. The van der Waals surface area contributed by atoms with Gasteiger partial charge in [-0.2, -0.15) is 0 Å². The van der Waals surface area contributed by atoms with Gasteiger partial charge in [-0.3, -0.25) is 4.79 Å². The molecule has 1 amide bonds. The first-order valence-electron chi connectivity index (χ1n) is 4.38. The molecule has 1 aromatic rings. The van der Waals surface area contributed by atoms with Crippen molar-refractivity contribution in [1.29, 1.82) is 0 Å². The van der Waals surface area contributed by atoms with Gasteiger partial charge in [0.2, 0.25) is 0 Å². The van der Waals surface area contributed by atoms with Crippen LogP contribution in [-0.2, 0) is 11.3 Å². The van der Waals surface area contributed by atoms with E-state index in [1.54, 1.807) is 19.1 Å². The van der Waals surface area contributed by atoms with Crippen molar-refractivity contribution in [3.8, 4) is 0 Å². The van der Waals surface area contributed by atoms with Gasteiger partial charge in [-0.15, -0.1) is 0 Å². The maximum Gasteiger partial charge on any atom is 0.262 e. The lowest BCUT2D eigenvalue weighted by atomic mass is 10.1.